The van der Waals surface area contributed by atoms with Gasteiger partial charge in [-0.1, -0.05) is 25.1 Å². The van der Waals surface area contributed by atoms with Gasteiger partial charge in [0.1, 0.15) is 0 Å². The average Bonchev–Trinajstić information content (AvgIpc) is 3.15. The number of imidazole rings is 1. The highest BCUT2D eigenvalue weighted by Crippen LogP contribution is 2.61. The van der Waals surface area contributed by atoms with Crippen LogP contribution in [0.15, 0.2) is 41.2 Å². The molecule has 0 spiro atoms. The summed E-state index contributed by atoms with van der Waals surface area (Å²) in [5.74, 6) is -2.76. The van der Waals surface area contributed by atoms with Gasteiger partial charge in [0, 0.05) is 37.7 Å². The van der Waals surface area contributed by atoms with Gasteiger partial charge in [0.2, 0.25) is 0 Å². The normalized spacial score (nSPS) is 19.6. The summed E-state index contributed by atoms with van der Waals surface area (Å²) in [5.41, 5.74) is 0.952. The molecule has 176 valence electrons. The van der Waals surface area contributed by atoms with Crippen LogP contribution in [-0.2, 0) is 20.1 Å². The Morgan fingerprint density at radius 1 is 1.24 bits per heavy atom. The Labute approximate surface area is 190 Å². The van der Waals surface area contributed by atoms with E-state index in [1.807, 2.05) is 45.0 Å². The number of benzene rings is 1. The minimum Gasteiger partial charge on any atom is -0.465 e. The molecule has 7 nitrogen and oxygen atoms in total. The highest BCUT2D eigenvalue weighted by atomic mass is 19.3. The summed E-state index contributed by atoms with van der Waals surface area (Å²) in [4.78, 5) is 30.5. The van der Waals surface area contributed by atoms with Gasteiger partial charge in [-0.15, -0.1) is 0 Å². The lowest BCUT2D eigenvalue weighted by molar-refractivity contribution is 0.0637. The molecule has 9 heteroatoms. The summed E-state index contributed by atoms with van der Waals surface area (Å²) in [6.45, 7) is 7.15. The quantitative estimate of drug-likeness (QED) is 0.600. The predicted molar refractivity (Wildman–Crippen MR) is 121 cm³/mol. The summed E-state index contributed by atoms with van der Waals surface area (Å²) >= 11 is 0. The maximum absolute atomic E-state index is 13.8. The van der Waals surface area contributed by atoms with E-state index >= 15 is 0 Å². The number of nitrogens with zero attached hydrogens (tertiary/aromatic N) is 4. The lowest BCUT2D eigenvalue weighted by atomic mass is 10.0. The van der Waals surface area contributed by atoms with Crippen molar-refractivity contribution in [2.24, 2.45) is 12.5 Å². The number of pyridine rings is 1. The smallest absolute Gasteiger partial charge is 0.408 e. The number of carbonyl (C=O) groups is 1. The van der Waals surface area contributed by atoms with E-state index in [-0.39, 0.29) is 25.2 Å². The van der Waals surface area contributed by atoms with Crippen molar-refractivity contribution in [3.05, 3.63) is 52.4 Å². The van der Waals surface area contributed by atoms with E-state index in [1.54, 1.807) is 19.2 Å². The van der Waals surface area contributed by atoms with Crippen LogP contribution in [0.4, 0.5) is 13.6 Å². The van der Waals surface area contributed by atoms with Gasteiger partial charge >= 0.3 is 11.8 Å². The molecule has 1 fully saturated rings. The molecule has 1 N–H and O–H groups in total. The van der Waals surface area contributed by atoms with Crippen LogP contribution in [-0.4, -0.2) is 41.7 Å². The van der Waals surface area contributed by atoms with Crippen LogP contribution in [0.5, 0.6) is 0 Å². The van der Waals surface area contributed by atoms with Gasteiger partial charge in [-0.2, -0.15) is 0 Å². The Morgan fingerprint density at radius 3 is 2.48 bits per heavy atom. The molecule has 0 bridgehead atoms. The van der Waals surface area contributed by atoms with Crippen molar-refractivity contribution in [1.82, 2.24) is 19.0 Å². The van der Waals surface area contributed by atoms with E-state index in [9.17, 15) is 23.5 Å². The molecule has 0 saturated heterocycles. The minimum atomic E-state index is -2.76. The van der Waals surface area contributed by atoms with E-state index in [1.165, 1.54) is 21.0 Å². The van der Waals surface area contributed by atoms with Gasteiger partial charge in [-0.05, 0) is 44.5 Å². The molecule has 1 atom stereocenters. The first-order chi connectivity index (χ1) is 15.2. The fraction of sp³-hybridized carbons (Fsp3) is 0.458. The molecular weight excluding hydrogens is 430 g/mol. The standard InChI is InChI=1S/C24H28F2N4O3/c1-22(2,3)30(21(32)33)12-15-7-6-8-16(11-15)17-9-10-18-19(27-17)28(5)20(31)29(18)14-23(4)13-24(23,25)26/h6-11H,12-14H2,1-5H3,(H,32,33)/t23-/m1/s1. The Kier molecular flexibility index (Phi) is 5.14. The second kappa shape index (κ2) is 7.40. The number of carboxylic acid groups (broad SMARTS) is 1. The van der Waals surface area contributed by atoms with Gasteiger partial charge < -0.3 is 5.11 Å². The predicted octanol–water partition coefficient (Wildman–Crippen LogP) is 4.73. The number of amides is 1. The van der Waals surface area contributed by atoms with Crippen LogP contribution in [0, 0.1) is 5.41 Å². The molecule has 0 aliphatic heterocycles. The van der Waals surface area contributed by atoms with E-state index < -0.39 is 23.0 Å². The Balaban J connectivity index is 1.69. The van der Waals surface area contributed by atoms with Gasteiger partial charge in [0.15, 0.2) is 5.65 Å². The average molecular weight is 459 g/mol. The van der Waals surface area contributed by atoms with E-state index in [0.29, 0.717) is 16.9 Å². The van der Waals surface area contributed by atoms with Crippen LogP contribution in [0.2, 0.25) is 0 Å². The topological polar surface area (TPSA) is 80.4 Å². The molecule has 1 aliphatic carbocycles. The molecule has 33 heavy (non-hydrogen) atoms. The molecule has 2 heterocycles. The van der Waals surface area contributed by atoms with E-state index in [0.717, 1.165) is 11.1 Å². The molecule has 4 rings (SSSR count). The Hall–Kier alpha value is -3.23. The lowest BCUT2D eigenvalue weighted by Crippen LogP contribution is -2.44. The maximum atomic E-state index is 13.8. The summed E-state index contributed by atoms with van der Waals surface area (Å²) in [6, 6.07) is 10.9. The highest BCUT2D eigenvalue weighted by Gasteiger charge is 2.68. The van der Waals surface area contributed by atoms with Crippen molar-refractivity contribution in [1.29, 1.82) is 0 Å². The summed E-state index contributed by atoms with van der Waals surface area (Å²) in [6.07, 6.45) is -1.23. The number of halogens is 2. The third-order valence-electron chi connectivity index (χ3n) is 6.46. The SMILES string of the molecule is Cn1c(=O)n(C[C@@]2(C)CC2(F)F)c2ccc(-c3cccc(CN(C(=O)O)C(C)(C)C)c3)nc21. The van der Waals surface area contributed by atoms with Gasteiger partial charge in [-0.25, -0.2) is 23.4 Å². The number of rotatable bonds is 5. The third-order valence-corrected chi connectivity index (χ3v) is 6.46. The van der Waals surface area contributed by atoms with Crippen molar-refractivity contribution in [3.63, 3.8) is 0 Å². The third kappa shape index (κ3) is 4.00. The maximum Gasteiger partial charge on any atom is 0.408 e. The van der Waals surface area contributed by atoms with Crippen molar-refractivity contribution in [2.75, 3.05) is 0 Å². The number of aromatic nitrogens is 3. The van der Waals surface area contributed by atoms with Gasteiger partial charge in [0.05, 0.1) is 16.6 Å². The van der Waals surface area contributed by atoms with Crippen LogP contribution < -0.4 is 5.69 Å². The summed E-state index contributed by atoms with van der Waals surface area (Å²) in [5, 5.41) is 9.58. The molecule has 3 aromatic rings. The molecule has 1 amide bonds. The van der Waals surface area contributed by atoms with Crippen LogP contribution in [0.1, 0.15) is 39.7 Å². The molecule has 2 aromatic heterocycles. The van der Waals surface area contributed by atoms with Gasteiger partial charge in [0.25, 0.3) is 5.92 Å². The molecule has 1 aromatic carbocycles. The summed E-state index contributed by atoms with van der Waals surface area (Å²) < 4.78 is 30.3. The van der Waals surface area contributed by atoms with Crippen molar-refractivity contribution >= 4 is 17.3 Å². The second-order valence-corrected chi connectivity index (χ2v) is 10.1. The molecule has 0 radical (unpaired) electrons. The largest absolute Gasteiger partial charge is 0.465 e. The zero-order valence-corrected chi connectivity index (χ0v) is 19.4. The lowest BCUT2D eigenvalue weighted by Gasteiger charge is -2.33. The van der Waals surface area contributed by atoms with E-state index in [4.69, 9.17) is 0 Å². The fourth-order valence-electron chi connectivity index (χ4n) is 4.16. The molecular formula is C24H28F2N4O3. The van der Waals surface area contributed by atoms with Crippen molar-refractivity contribution in [3.8, 4) is 11.3 Å². The fourth-order valence-corrected chi connectivity index (χ4v) is 4.16. The minimum absolute atomic E-state index is 0.0650. The van der Waals surface area contributed by atoms with Crippen LogP contribution in [0.3, 0.4) is 0 Å². The monoisotopic (exact) mass is 458 g/mol. The van der Waals surface area contributed by atoms with Crippen molar-refractivity contribution < 1.29 is 18.7 Å². The zero-order chi connectivity index (χ0) is 24.3. The first-order valence-corrected chi connectivity index (χ1v) is 10.8. The number of fused-ring (bicyclic) bond motifs is 1. The van der Waals surface area contributed by atoms with E-state index in [2.05, 4.69) is 4.98 Å². The second-order valence-electron chi connectivity index (χ2n) is 10.1. The highest BCUT2D eigenvalue weighted by molar-refractivity contribution is 5.76. The molecule has 1 aliphatic rings. The Bertz CT molecular complexity index is 1310. The number of hydrogen-bond donors (Lipinski definition) is 1. The number of aryl methyl sites for hydroxylation is 1. The number of hydrogen-bond acceptors (Lipinski definition) is 3. The number of alkyl halides is 2. The van der Waals surface area contributed by atoms with Crippen LogP contribution in [0.25, 0.3) is 22.4 Å². The zero-order valence-electron chi connectivity index (χ0n) is 19.4. The van der Waals surface area contributed by atoms with Crippen LogP contribution >= 0.6 is 0 Å². The Morgan fingerprint density at radius 2 is 1.91 bits per heavy atom. The van der Waals surface area contributed by atoms with Crippen molar-refractivity contribution in [2.45, 2.75) is 58.7 Å². The summed E-state index contributed by atoms with van der Waals surface area (Å²) in [7, 11) is 1.58. The first-order valence-electron chi connectivity index (χ1n) is 10.8. The molecule has 0 unspecified atom stereocenters. The molecule has 1 saturated carbocycles. The first kappa shape index (κ1) is 22.9. The van der Waals surface area contributed by atoms with Gasteiger partial charge in [-0.3, -0.25) is 14.0 Å².